The van der Waals surface area contributed by atoms with Crippen LogP contribution >= 0.6 is 0 Å². The van der Waals surface area contributed by atoms with Crippen LogP contribution in [0, 0.1) is 19.3 Å². The molecule has 0 saturated heterocycles. The lowest BCUT2D eigenvalue weighted by atomic mass is 9.89. The Bertz CT molecular complexity index is 589. The number of alkyl halides is 3. The van der Waals surface area contributed by atoms with E-state index in [1.165, 1.54) is 6.92 Å². The number of nitrogens with zero attached hydrogens (tertiary/aromatic N) is 2. The number of amides is 1. The van der Waals surface area contributed by atoms with Gasteiger partial charge in [0.1, 0.15) is 6.54 Å². The molecule has 1 rings (SSSR count). The van der Waals surface area contributed by atoms with E-state index < -0.39 is 24.7 Å². The van der Waals surface area contributed by atoms with Crippen LogP contribution in [0.4, 0.5) is 13.2 Å². The normalized spacial score (nSPS) is 15.2. The highest BCUT2D eigenvalue weighted by molar-refractivity contribution is 5.83. The van der Waals surface area contributed by atoms with Gasteiger partial charge in [-0.05, 0) is 26.2 Å². The van der Waals surface area contributed by atoms with Gasteiger partial charge in [0.05, 0.1) is 17.7 Å². The Kier molecular flexibility index (Phi) is 6.08. The number of nitrogens with one attached hydrogen (secondary N) is 1. The van der Waals surface area contributed by atoms with E-state index in [0.717, 1.165) is 4.68 Å². The molecule has 0 saturated carbocycles. The molecule has 2 N–H and O–H groups in total. The molecule has 0 aliphatic carbocycles. The number of hydrogen-bond donors (Lipinski definition) is 2. The van der Waals surface area contributed by atoms with Gasteiger partial charge in [-0.15, -0.1) is 0 Å². The van der Waals surface area contributed by atoms with Crippen LogP contribution in [0.5, 0.6) is 0 Å². The summed E-state index contributed by atoms with van der Waals surface area (Å²) in [6.07, 6.45) is -5.09. The largest absolute Gasteiger partial charge is 0.408 e. The molecule has 5 nitrogen and oxygen atoms in total. The summed E-state index contributed by atoms with van der Waals surface area (Å²) in [5, 5.41) is 16.5. The van der Waals surface area contributed by atoms with Gasteiger partial charge in [-0.25, -0.2) is 0 Å². The first-order chi connectivity index (χ1) is 10.7. The zero-order valence-corrected chi connectivity index (χ0v) is 15.0. The molecular weight excluding hydrogens is 323 g/mol. The maximum absolute atomic E-state index is 12.6. The Balaban J connectivity index is 2.88. The molecule has 138 valence electrons. The van der Waals surface area contributed by atoms with Crippen LogP contribution in [0.2, 0.25) is 0 Å². The maximum Gasteiger partial charge on any atom is 0.408 e. The smallest absolute Gasteiger partial charge is 0.391 e. The van der Waals surface area contributed by atoms with Crippen molar-refractivity contribution in [3.05, 3.63) is 17.0 Å². The zero-order chi connectivity index (χ0) is 18.9. The molecule has 2 atom stereocenters. The standard InChI is InChI=1S/C16H26F3N3O2/c1-9(14(24)20-7-12(23)15(4,5)6)13-10(2)21-22(11(13)3)8-16(17,18)19/h9,12,23H,7-8H2,1-6H3,(H,20,24). The summed E-state index contributed by atoms with van der Waals surface area (Å²) in [6, 6.07) is 0. The highest BCUT2D eigenvalue weighted by Gasteiger charge is 2.32. The van der Waals surface area contributed by atoms with Crippen molar-refractivity contribution in [3.8, 4) is 0 Å². The molecule has 1 heterocycles. The Hall–Kier alpha value is -1.57. The lowest BCUT2D eigenvalue weighted by Gasteiger charge is -2.26. The highest BCUT2D eigenvalue weighted by Crippen LogP contribution is 2.26. The van der Waals surface area contributed by atoms with Crippen molar-refractivity contribution in [1.82, 2.24) is 15.1 Å². The average Bonchev–Trinajstić information content (AvgIpc) is 2.66. The van der Waals surface area contributed by atoms with Gasteiger partial charge in [-0.3, -0.25) is 9.48 Å². The average molecular weight is 349 g/mol. The van der Waals surface area contributed by atoms with Gasteiger partial charge < -0.3 is 10.4 Å². The number of rotatable bonds is 5. The predicted octanol–water partition coefficient (Wildman–Crippen LogP) is 2.69. The molecule has 1 amide bonds. The minimum Gasteiger partial charge on any atom is -0.391 e. The van der Waals surface area contributed by atoms with Crippen molar-refractivity contribution in [3.63, 3.8) is 0 Å². The van der Waals surface area contributed by atoms with Crippen LogP contribution in [-0.2, 0) is 11.3 Å². The van der Waals surface area contributed by atoms with Crippen LogP contribution in [0.3, 0.4) is 0 Å². The molecule has 2 unspecified atom stereocenters. The molecule has 1 aromatic heterocycles. The van der Waals surface area contributed by atoms with E-state index in [-0.39, 0.29) is 17.9 Å². The lowest BCUT2D eigenvalue weighted by Crippen LogP contribution is -2.40. The number of carbonyl (C=O) groups is 1. The second-order valence-electron chi connectivity index (χ2n) is 7.21. The van der Waals surface area contributed by atoms with Gasteiger partial charge in [0, 0.05) is 17.8 Å². The first-order valence-electron chi connectivity index (χ1n) is 7.80. The molecule has 1 aromatic rings. The molecule has 0 aromatic carbocycles. The van der Waals surface area contributed by atoms with Gasteiger partial charge in [0.25, 0.3) is 0 Å². The summed E-state index contributed by atoms with van der Waals surface area (Å²) in [4.78, 5) is 12.3. The van der Waals surface area contributed by atoms with Gasteiger partial charge >= 0.3 is 6.18 Å². The SMILES string of the molecule is Cc1nn(CC(F)(F)F)c(C)c1C(C)C(=O)NCC(O)C(C)(C)C. The third kappa shape index (κ3) is 5.22. The monoisotopic (exact) mass is 349 g/mol. The fourth-order valence-electron chi connectivity index (χ4n) is 2.45. The molecule has 0 fully saturated rings. The van der Waals surface area contributed by atoms with Crippen molar-refractivity contribution >= 4 is 5.91 Å². The van der Waals surface area contributed by atoms with E-state index in [1.807, 2.05) is 20.8 Å². The molecule has 0 aliphatic heterocycles. The Labute approximate surface area is 140 Å². The molecule has 0 aliphatic rings. The lowest BCUT2D eigenvalue weighted by molar-refractivity contribution is -0.143. The fraction of sp³-hybridized carbons (Fsp3) is 0.750. The summed E-state index contributed by atoms with van der Waals surface area (Å²) in [5.74, 6) is -1.00. The molecule has 0 spiro atoms. The van der Waals surface area contributed by atoms with Crippen molar-refractivity contribution in [2.75, 3.05) is 6.54 Å². The van der Waals surface area contributed by atoms with E-state index in [9.17, 15) is 23.1 Å². The first kappa shape index (κ1) is 20.5. The third-order valence-electron chi connectivity index (χ3n) is 4.06. The van der Waals surface area contributed by atoms with Crippen molar-refractivity contribution in [1.29, 1.82) is 0 Å². The van der Waals surface area contributed by atoms with Crippen LogP contribution < -0.4 is 5.32 Å². The quantitative estimate of drug-likeness (QED) is 0.859. The van der Waals surface area contributed by atoms with Gasteiger partial charge in [0.2, 0.25) is 5.91 Å². The molecule has 24 heavy (non-hydrogen) atoms. The van der Waals surface area contributed by atoms with Crippen LogP contribution in [0.1, 0.15) is 50.6 Å². The molecule has 0 radical (unpaired) electrons. The minimum absolute atomic E-state index is 0.0848. The summed E-state index contributed by atoms with van der Waals surface area (Å²) < 4.78 is 38.6. The van der Waals surface area contributed by atoms with Crippen molar-refractivity contribution < 1.29 is 23.1 Å². The van der Waals surface area contributed by atoms with Crippen LogP contribution in [0.25, 0.3) is 0 Å². The van der Waals surface area contributed by atoms with Crippen molar-refractivity contribution in [2.45, 2.75) is 66.3 Å². The Morgan fingerprint density at radius 2 is 1.83 bits per heavy atom. The number of aliphatic hydroxyl groups excluding tert-OH is 1. The summed E-state index contributed by atoms with van der Waals surface area (Å²) in [6.45, 7) is 9.18. The van der Waals surface area contributed by atoms with E-state index in [2.05, 4.69) is 10.4 Å². The van der Waals surface area contributed by atoms with Gasteiger partial charge in [-0.2, -0.15) is 18.3 Å². The van der Waals surface area contributed by atoms with E-state index >= 15 is 0 Å². The Morgan fingerprint density at radius 3 is 2.29 bits per heavy atom. The first-order valence-corrected chi connectivity index (χ1v) is 7.80. The van der Waals surface area contributed by atoms with Gasteiger partial charge in [0.15, 0.2) is 0 Å². The third-order valence-corrected chi connectivity index (χ3v) is 4.06. The minimum atomic E-state index is -4.37. The summed E-state index contributed by atoms with van der Waals surface area (Å²) in [7, 11) is 0. The number of aromatic nitrogens is 2. The number of aryl methyl sites for hydroxylation is 1. The van der Waals surface area contributed by atoms with Crippen molar-refractivity contribution in [2.24, 2.45) is 5.41 Å². The summed E-state index contributed by atoms with van der Waals surface area (Å²) >= 11 is 0. The molecule has 8 heteroatoms. The summed E-state index contributed by atoms with van der Waals surface area (Å²) in [5.41, 5.74) is 0.835. The molecular formula is C16H26F3N3O2. The fourth-order valence-corrected chi connectivity index (χ4v) is 2.45. The predicted molar refractivity (Wildman–Crippen MR) is 84.6 cm³/mol. The zero-order valence-electron chi connectivity index (χ0n) is 15.0. The topological polar surface area (TPSA) is 67.2 Å². The number of aliphatic hydroxyl groups is 1. The van der Waals surface area contributed by atoms with E-state index in [1.54, 1.807) is 13.8 Å². The van der Waals surface area contributed by atoms with Crippen LogP contribution in [0.15, 0.2) is 0 Å². The second kappa shape index (κ2) is 7.13. The number of halogens is 3. The van der Waals surface area contributed by atoms with E-state index in [4.69, 9.17) is 0 Å². The Morgan fingerprint density at radius 1 is 1.29 bits per heavy atom. The van der Waals surface area contributed by atoms with Crippen LogP contribution in [-0.4, -0.2) is 39.6 Å². The molecule has 0 bridgehead atoms. The second-order valence-corrected chi connectivity index (χ2v) is 7.21. The van der Waals surface area contributed by atoms with Gasteiger partial charge in [-0.1, -0.05) is 20.8 Å². The number of hydrogen-bond acceptors (Lipinski definition) is 3. The maximum atomic E-state index is 12.6. The highest BCUT2D eigenvalue weighted by atomic mass is 19.4. The van der Waals surface area contributed by atoms with E-state index in [0.29, 0.717) is 17.0 Å². The number of carbonyl (C=O) groups excluding carboxylic acids is 1.